The summed E-state index contributed by atoms with van der Waals surface area (Å²) < 4.78 is 0. The zero-order valence-corrected chi connectivity index (χ0v) is 8.36. The minimum Gasteiger partial charge on any atom is -0.349 e. The van der Waals surface area contributed by atoms with Crippen molar-refractivity contribution in [3.8, 4) is 0 Å². The smallest absolute Gasteiger partial charge is 0.222 e. The van der Waals surface area contributed by atoms with Crippen LogP contribution < -0.4 is 0 Å². The van der Waals surface area contributed by atoms with E-state index in [1.807, 2.05) is 0 Å². The molecule has 0 saturated carbocycles. The van der Waals surface area contributed by atoms with Crippen molar-refractivity contribution in [2.75, 3.05) is 20.6 Å². The van der Waals surface area contributed by atoms with Crippen LogP contribution in [0.15, 0.2) is 4.99 Å². The molecule has 0 aromatic heterocycles. The summed E-state index contributed by atoms with van der Waals surface area (Å²) in [5.74, 6) is 0.168. The Morgan fingerprint density at radius 1 is 1.50 bits per heavy atom. The van der Waals surface area contributed by atoms with Gasteiger partial charge in [-0.15, -0.1) is 0 Å². The van der Waals surface area contributed by atoms with E-state index in [2.05, 4.69) is 22.4 Å². The number of hydrogen-bond donors (Lipinski definition) is 0. The van der Waals surface area contributed by atoms with Crippen LogP contribution >= 0.6 is 12.2 Å². The molecule has 0 heterocycles. The highest BCUT2D eigenvalue weighted by molar-refractivity contribution is 7.78. The molecule has 68 valence electrons. The lowest BCUT2D eigenvalue weighted by atomic mass is 10.2. The Labute approximate surface area is 78.5 Å². The Kier molecular flexibility index (Phi) is 6.53. The van der Waals surface area contributed by atoms with Crippen LogP contribution in [0.2, 0.25) is 0 Å². The van der Waals surface area contributed by atoms with Gasteiger partial charge in [0.1, 0.15) is 0 Å². The third kappa shape index (κ3) is 6.01. The fourth-order valence-electron chi connectivity index (χ4n) is 0.736. The summed E-state index contributed by atoms with van der Waals surface area (Å²) in [7, 11) is 3.52. The Bertz CT molecular complexity index is 185. The van der Waals surface area contributed by atoms with Crippen molar-refractivity contribution in [3.63, 3.8) is 0 Å². The molecule has 0 aliphatic carbocycles. The van der Waals surface area contributed by atoms with Crippen molar-refractivity contribution in [2.45, 2.75) is 19.3 Å². The molecule has 0 aromatic carbocycles. The number of rotatable bonds is 5. The summed E-state index contributed by atoms with van der Waals surface area (Å²) in [5.41, 5.74) is 0. The van der Waals surface area contributed by atoms with Crippen LogP contribution in [-0.2, 0) is 4.79 Å². The fourth-order valence-corrected chi connectivity index (χ4v) is 0.828. The van der Waals surface area contributed by atoms with E-state index < -0.39 is 0 Å². The molecule has 0 spiro atoms. The maximum absolute atomic E-state index is 11.0. The molecule has 0 atom stereocenters. The highest BCUT2D eigenvalue weighted by Crippen LogP contribution is 1.97. The highest BCUT2D eigenvalue weighted by Gasteiger charge is 2.01. The molecule has 1 amide bonds. The zero-order chi connectivity index (χ0) is 9.40. The third-order valence-electron chi connectivity index (χ3n) is 1.47. The number of unbranched alkanes of at least 4 members (excludes halogenated alkanes) is 1. The lowest BCUT2D eigenvalue weighted by Crippen LogP contribution is -2.21. The second-order valence-corrected chi connectivity index (χ2v) is 2.90. The number of carbonyl (C=O) groups is 1. The quantitative estimate of drug-likeness (QED) is 0.369. The van der Waals surface area contributed by atoms with Crippen LogP contribution in [-0.4, -0.2) is 36.6 Å². The number of nitrogens with zero attached hydrogens (tertiary/aromatic N) is 2. The number of carbonyl (C=O) groups excluding carboxylic acids is 1. The molecule has 0 unspecified atom stereocenters. The summed E-state index contributed by atoms with van der Waals surface area (Å²) in [5, 5.41) is 2.29. The zero-order valence-electron chi connectivity index (χ0n) is 7.54. The van der Waals surface area contributed by atoms with Gasteiger partial charge in [0.25, 0.3) is 0 Å². The van der Waals surface area contributed by atoms with Crippen molar-refractivity contribution in [2.24, 2.45) is 4.99 Å². The van der Waals surface area contributed by atoms with Crippen molar-refractivity contribution in [3.05, 3.63) is 0 Å². The van der Waals surface area contributed by atoms with E-state index in [-0.39, 0.29) is 5.91 Å². The number of aliphatic imine (C=N–C) groups is 1. The van der Waals surface area contributed by atoms with E-state index in [0.717, 1.165) is 12.8 Å². The summed E-state index contributed by atoms with van der Waals surface area (Å²) in [4.78, 5) is 16.4. The minimum atomic E-state index is 0.168. The van der Waals surface area contributed by atoms with Crippen LogP contribution in [0.1, 0.15) is 19.3 Å². The average molecular weight is 186 g/mol. The molecule has 0 aliphatic rings. The SMILES string of the molecule is CN(C)C(=O)CCCCN=C=S. The lowest BCUT2D eigenvalue weighted by Gasteiger charge is -2.08. The second kappa shape index (κ2) is 6.95. The highest BCUT2D eigenvalue weighted by atomic mass is 32.1. The topological polar surface area (TPSA) is 32.7 Å². The van der Waals surface area contributed by atoms with E-state index in [4.69, 9.17) is 0 Å². The largest absolute Gasteiger partial charge is 0.349 e. The van der Waals surface area contributed by atoms with E-state index in [9.17, 15) is 4.79 Å². The van der Waals surface area contributed by atoms with Crippen molar-refractivity contribution >= 4 is 23.3 Å². The second-order valence-electron chi connectivity index (χ2n) is 2.72. The Balaban J connectivity index is 3.31. The van der Waals surface area contributed by atoms with Crippen LogP contribution in [0.4, 0.5) is 0 Å². The normalized spacial score (nSPS) is 8.83. The number of thiocarbonyl (C=S) groups is 1. The third-order valence-corrected chi connectivity index (χ3v) is 1.60. The first-order valence-electron chi connectivity index (χ1n) is 3.92. The van der Waals surface area contributed by atoms with Gasteiger partial charge in [0.15, 0.2) is 0 Å². The van der Waals surface area contributed by atoms with Gasteiger partial charge in [-0.25, -0.2) is 4.99 Å². The van der Waals surface area contributed by atoms with Crippen molar-refractivity contribution in [1.29, 1.82) is 0 Å². The fraction of sp³-hybridized carbons (Fsp3) is 0.750. The number of hydrogen-bond acceptors (Lipinski definition) is 3. The average Bonchev–Trinajstić information content (AvgIpc) is 2.03. The molecule has 12 heavy (non-hydrogen) atoms. The molecule has 0 radical (unpaired) electrons. The molecular formula is C8H14N2OS. The van der Waals surface area contributed by atoms with E-state index in [1.54, 1.807) is 19.0 Å². The summed E-state index contributed by atoms with van der Waals surface area (Å²) in [6.45, 7) is 0.685. The molecule has 0 aromatic rings. The van der Waals surface area contributed by atoms with E-state index in [0.29, 0.717) is 13.0 Å². The molecule has 4 heteroatoms. The summed E-state index contributed by atoms with van der Waals surface area (Å²) in [6.07, 6.45) is 2.38. The molecule has 0 fully saturated rings. The molecule has 0 aliphatic heterocycles. The maximum Gasteiger partial charge on any atom is 0.222 e. The predicted octanol–water partition coefficient (Wildman–Crippen LogP) is 1.35. The number of isothiocyanates is 1. The minimum absolute atomic E-state index is 0.168. The number of amides is 1. The summed E-state index contributed by atoms with van der Waals surface area (Å²) >= 11 is 4.40. The van der Waals surface area contributed by atoms with Gasteiger partial charge < -0.3 is 4.90 Å². The van der Waals surface area contributed by atoms with Gasteiger partial charge >= 0.3 is 0 Å². The molecule has 0 N–H and O–H groups in total. The Morgan fingerprint density at radius 3 is 2.67 bits per heavy atom. The van der Waals surface area contributed by atoms with Crippen LogP contribution in [0.25, 0.3) is 0 Å². The first kappa shape index (κ1) is 11.3. The lowest BCUT2D eigenvalue weighted by molar-refractivity contribution is -0.128. The maximum atomic E-state index is 11.0. The Hall–Kier alpha value is -0.730. The standard InChI is InChI=1S/C8H14N2OS/c1-10(2)8(11)5-3-4-6-9-7-12/h3-6H2,1-2H3. The van der Waals surface area contributed by atoms with E-state index >= 15 is 0 Å². The first-order valence-corrected chi connectivity index (χ1v) is 4.33. The van der Waals surface area contributed by atoms with Gasteiger partial charge in [-0.1, -0.05) is 0 Å². The van der Waals surface area contributed by atoms with Gasteiger partial charge in [-0.3, -0.25) is 4.79 Å². The van der Waals surface area contributed by atoms with Crippen LogP contribution in [0.3, 0.4) is 0 Å². The molecule has 0 rings (SSSR count). The van der Waals surface area contributed by atoms with Gasteiger partial charge in [-0.05, 0) is 25.1 Å². The first-order chi connectivity index (χ1) is 5.68. The molecule has 3 nitrogen and oxygen atoms in total. The van der Waals surface area contributed by atoms with Crippen molar-refractivity contribution < 1.29 is 4.79 Å². The van der Waals surface area contributed by atoms with Gasteiger partial charge in [-0.2, -0.15) is 0 Å². The van der Waals surface area contributed by atoms with Gasteiger partial charge in [0.05, 0.1) is 5.16 Å². The molecular weight excluding hydrogens is 172 g/mol. The van der Waals surface area contributed by atoms with Crippen molar-refractivity contribution in [1.82, 2.24) is 4.90 Å². The monoisotopic (exact) mass is 186 g/mol. The molecule has 0 bridgehead atoms. The van der Waals surface area contributed by atoms with Gasteiger partial charge in [0.2, 0.25) is 5.91 Å². The Morgan fingerprint density at radius 2 is 2.17 bits per heavy atom. The van der Waals surface area contributed by atoms with E-state index in [1.165, 1.54) is 0 Å². The van der Waals surface area contributed by atoms with Gasteiger partial charge in [0, 0.05) is 27.1 Å². The summed E-state index contributed by atoms with van der Waals surface area (Å²) in [6, 6.07) is 0. The molecule has 0 saturated heterocycles. The van der Waals surface area contributed by atoms with Crippen LogP contribution in [0, 0.1) is 0 Å². The van der Waals surface area contributed by atoms with Crippen LogP contribution in [0.5, 0.6) is 0 Å². The predicted molar refractivity (Wildman–Crippen MR) is 52.4 cm³/mol.